The second-order valence-corrected chi connectivity index (χ2v) is 7.10. The monoisotopic (exact) mass is 366 g/mol. The number of benzene rings is 2. The van der Waals surface area contributed by atoms with Crippen molar-refractivity contribution in [2.45, 2.75) is 31.3 Å². The first-order chi connectivity index (χ1) is 13.0. The lowest BCUT2D eigenvalue weighted by Crippen LogP contribution is -2.38. The van der Waals surface area contributed by atoms with E-state index in [0.717, 1.165) is 16.7 Å². The predicted molar refractivity (Wildman–Crippen MR) is 105 cm³/mol. The van der Waals surface area contributed by atoms with E-state index >= 15 is 0 Å². The number of rotatable bonds is 5. The number of amides is 3. The molecule has 2 aromatic rings. The van der Waals surface area contributed by atoms with Gasteiger partial charge in [-0.05, 0) is 23.6 Å². The Kier molecular flexibility index (Phi) is 5.76. The SMILES string of the molecule is Cc1ccccc1C(CC(=O)N1C[C@@H](N)[C@H](c2ccccc2)C1)NC(N)=O. The number of likely N-dealkylation sites (tertiary alicyclic amines) is 1. The number of carbonyl (C=O) groups excluding carboxylic acids is 2. The smallest absolute Gasteiger partial charge is 0.312 e. The first kappa shape index (κ1) is 18.9. The number of aryl methyl sites for hydroxylation is 1. The van der Waals surface area contributed by atoms with Crippen molar-refractivity contribution in [2.75, 3.05) is 13.1 Å². The molecule has 27 heavy (non-hydrogen) atoms. The highest BCUT2D eigenvalue weighted by atomic mass is 16.2. The Morgan fingerprint density at radius 1 is 1.11 bits per heavy atom. The average Bonchev–Trinajstić information content (AvgIpc) is 3.04. The fraction of sp³-hybridized carbons (Fsp3) is 0.333. The Morgan fingerprint density at radius 3 is 2.44 bits per heavy atom. The van der Waals surface area contributed by atoms with Crippen LogP contribution in [0.5, 0.6) is 0 Å². The summed E-state index contributed by atoms with van der Waals surface area (Å²) in [7, 11) is 0. The molecule has 0 saturated carbocycles. The fourth-order valence-electron chi connectivity index (χ4n) is 3.78. The normalized spacial score (nSPS) is 20.3. The highest BCUT2D eigenvalue weighted by molar-refractivity contribution is 5.79. The first-order valence-corrected chi connectivity index (χ1v) is 9.15. The van der Waals surface area contributed by atoms with Crippen LogP contribution in [0.2, 0.25) is 0 Å². The van der Waals surface area contributed by atoms with E-state index in [-0.39, 0.29) is 24.3 Å². The molecule has 1 saturated heterocycles. The molecule has 6 heteroatoms. The van der Waals surface area contributed by atoms with Crippen LogP contribution in [0.1, 0.15) is 35.1 Å². The highest BCUT2D eigenvalue weighted by Crippen LogP contribution is 2.28. The summed E-state index contributed by atoms with van der Waals surface area (Å²) >= 11 is 0. The third kappa shape index (κ3) is 4.46. The Morgan fingerprint density at radius 2 is 1.78 bits per heavy atom. The summed E-state index contributed by atoms with van der Waals surface area (Å²) in [6.45, 7) is 3.04. The molecule has 0 aromatic heterocycles. The summed E-state index contributed by atoms with van der Waals surface area (Å²) < 4.78 is 0. The van der Waals surface area contributed by atoms with Crippen LogP contribution in [0.3, 0.4) is 0 Å². The van der Waals surface area contributed by atoms with Gasteiger partial charge in [0.15, 0.2) is 0 Å². The molecule has 6 nitrogen and oxygen atoms in total. The number of hydrogen-bond acceptors (Lipinski definition) is 3. The van der Waals surface area contributed by atoms with Crippen molar-refractivity contribution < 1.29 is 9.59 Å². The van der Waals surface area contributed by atoms with E-state index in [1.165, 1.54) is 0 Å². The molecule has 3 amide bonds. The van der Waals surface area contributed by atoms with Gasteiger partial charge in [0.05, 0.1) is 12.5 Å². The molecule has 1 aliphatic rings. The predicted octanol–water partition coefficient (Wildman–Crippen LogP) is 2.05. The largest absolute Gasteiger partial charge is 0.352 e. The third-order valence-corrected chi connectivity index (χ3v) is 5.20. The van der Waals surface area contributed by atoms with Gasteiger partial charge in [-0.25, -0.2) is 4.79 Å². The van der Waals surface area contributed by atoms with Crippen LogP contribution in [-0.2, 0) is 4.79 Å². The minimum atomic E-state index is -0.642. The Balaban J connectivity index is 1.73. The second kappa shape index (κ2) is 8.22. The molecule has 0 radical (unpaired) electrons. The highest BCUT2D eigenvalue weighted by Gasteiger charge is 2.34. The van der Waals surface area contributed by atoms with Gasteiger partial charge in [-0.3, -0.25) is 4.79 Å². The van der Waals surface area contributed by atoms with Gasteiger partial charge in [-0.2, -0.15) is 0 Å². The molecule has 1 aliphatic heterocycles. The number of nitrogens with two attached hydrogens (primary N) is 2. The molecule has 1 unspecified atom stereocenters. The summed E-state index contributed by atoms with van der Waals surface area (Å²) in [5, 5.41) is 2.71. The second-order valence-electron chi connectivity index (χ2n) is 7.10. The van der Waals surface area contributed by atoms with Crippen LogP contribution in [0, 0.1) is 6.92 Å². The molecule has 3 atom stereocenters. The third-order valence-electron chi connectivity index (χ3n) is 5.20. The van der Waals surface area contributed by atoms with E-state index in [4.69, 9.17) is 11.5 Å². The van der Waals surface area contributed by atoms with E-state index in [9.17, 15) is 9.59 Å². The Bertz CT molecular complexity index is 809. The van der Waals surface area contributed by atoms with E-state index in [2.05, 4.69) is 5.32 Å². The number of carbonyl (C=O) groups is 2. The number of hydrogen-bond donors (Lipinski definition) is 3. The lowest BCUT2D eigenvalue weighted by Gasteiger charge is -2.23. The van der Waals surface area contributed by atoms with Crippen molar-refractivity contribution in [3.05, 3.63) is 71.3 Å². The van der Waals surface area contributed by atoms with Gasteiger partial charge in [0.1, 0.15) is 0 Å². The molecule has 1 fully saturated rings. The quantitative estimate of drug-likeness (QED) is 0.755. The van der Waals surface area contributed by atoms with Gasteiger partial charge in [0, 0.05) is 25.0 Å². The standard InChI is InChI=1S/C21H26N4O2/c1-14-7-5-6-10-16(14)19(24-21(23)27)11-20(26)25-12-17(18(22)13-25)15-8-3-2-4-9-15/h2-10,17-19H,11-13,22H2,1H3,(H3,23,24,27)/t17-,18+,19?/m0/s1. The zero-order chi connectivity index (χ0) is 19.4. The van der Waals surface area contributed by atoms with Gasteiger partial charge in [-0.15, -0.1) is 0 Å². The topological polar surface area (TPSA) is 101 Å². The van der Waals surface area contributed by atoms with Crippen LogP contribution < -0.4 is 16.8 Å². The van der Waals surface area contributed by atoms with Crippen molar-refractivity contribution >= 4 is 11.9 Å². The maximum atomic E-state index is 12.9. The van der Waals surface area contributed by atoms with Gasteiger partial charge in [-0.1, -0.05) is 54.6 Å². The summed E-state index contributed by atoms with van der Waals surface area (Å²) in [5.41, 5.74) is 14.7. The van der Waals surface area contributed by atoms with E-state index < -0.39 is 12.1 Å². The molecule has 1 heterocycles. The van der Waals surface area contributed by atoms with Crippen molar-refractivity contribution in [3.8, 4) is 0 Å². The van der Waals surface area contributed by atoms with Crippen molar-refractivity contribution in [1.82, 2.24) is 10.2 Å². The molecular weight excluding hydrogens is 340 g/mol. The van der Waals surface area contributed by atoms with E-state index in [1.807, 2.05) is 61.5 Å². The zero-order valence-corrected chi connectivity index (χ0v) is 15.5. The van der Waals surface area contributed by atoms with Gasteiger partial charge in [0.2, 0.25) is 5.91 Å². The molecule has 3 rings (SSSR count). The maximum Gasteiger partial charge on any atom is 0.312 e. The van der Waals surface area contributed by atoms with Crippen LogP contribution >= 0.6 is 0 Å². The minimum absolute atomic E-state index is 0.0362. The van der Waals surface area contributed by atoms with Crippen molar-refractivity contribution in [1.29, 1.82) is 0 Å². The molecule has 2 aromatic carbocycles. The molecule has 0 aliphatic carbocycles. The van der Waals surface area contributed by atoms with Gasteiger partial charge in [0.25, 0.3) is 0 Å². The number of nitrogens with one attached hydrogen (secondary N) is 1. The summed E-state index contributed by atoms with van der Waals surface area (Å²) in [5.74, 6) is 0.0852. The molecule has 0 spiro atoms. The Labute approximate surface area is 159 Å². The van der Waals surface area contributed by atoms with E-state index in [0.29, 0.717) is 13.1 Å². The number of urea groups is 1. The lowest BCUT2D eigenvalue weighted by molar-refractivity contribution is -0.130. The van der Waals surface area contributed by atoms with Crippen molar-refractivity contribution in [3.63, 3.8) is 0 Å². The minimum Gasteiger partial charge on any atom is -0.352 e. The summed E-state index contributed by atoms with van der Waals surface area (Å²) in [4.78, 5) is 26.2. The van der Waals surface area contributed by atoms with Gasteiger partial charge < -0.3 is 21.7 Å². The van der Waals surface area contributed by atoms with Crippen LogP contribution in [-0.4, -0.2) is 36.0 Å². The summed E-state index contributed by atoms with van der Waals surface area (Å²) in [6, 6.07) is 16.5. The number of nitrogens with zero attached hydrogens (tertiary/aromatic N) is 1. The fourth-order valence-corrected chi connectivity index (χ4v) is 3.78. The zero-order valence-electron chi connectivity index (χ0n) is 15.5. The average molecular weight is 366 g/mol. The molecule has 142 valence electrons. The van der Waals surface area contributed by atoms with Crippen molar-refractivity contribution in [2.24, 2.45) is 11.5 Å². The van der Waals surface area contributed by atoms with Gasteiger partial charge >= 0.3 is 6.03 Å². The molecule has 5 N–H and O–H groups in total. The number of primary amides is 1. The Hall–Kier alpha value is -2.86. The molecule has 0 bridgehead atoms. The first-order valence-electron chi connectivity index (χ1n) is 9.15. The van der Waals surface area contributed by atoms with Crippen LogP contribution in [0.4, 0.5) is 4.79 Å². The summed E-state index contributed by atoms with van der Waals surface area (Å²) in [6.07, 6.45) is 0.155. The van der Waals surface area contributed by atoms with Crippen LogP contribution in [0.15, 0.2) is 54.6 Å². The molecular formula is C21H26N4O2. The van der Waals surface area contributed by atoms with E-state index in [1.54, 1.807) is 4.90 Å². The van der Waals surface area contributed by atoms with Crippen LogP contribution in [0.25, 0.3) is 0 Å². The maximum absolute atomic E-state index is 12.9. The lowest BCUT2D eigenvalue weighted by atomic mass is 9.95.